The molecular formula is C23H31N3O. The highest BCUT2D eigenvalue weighted by atomic mass is 16.2. The van der Waals surface area contributed by atoms with Gasteiger partial charge in [0.1, 0.15) is 5.82 Å². The minimum Gasteiger partial charge on any atom is -0.370 e. The molecule has 4 nitrogen and oxygen atoms in total. The summed E-state index contributed by atoms with van der Waals surface area (Å²) in [4.78, 5) is 19.0. The number of nitrogens with zero attached hydrogens (tertiary/aromatic N) is 2. The number of hydrogen-bond acceptors (Lipinski definition) is 3. The summed E-state index contributed by atoms with van der Waals surface area (Å²) in [6, 6.07) is 14.6. The first-order chi connectivity index (χ1) is 13.3. The molecule has 1 fully saturated rings. The largest absolute Gasteiger partial charge is 0.370 e. The molecule has 1 saturated heterocycles. The van der Waals surface area contributed by atoms with E-state index in [-0.39, 0.29) is 5.91 Å². The Balaban J connectivity index is 1.49. The lowest BCUT2D eigenvalue weighted by Crippen LogP contribution is -2.39. The third kappa shape index (κ3) is 5.56. The Morgan fingerprint density at radius 2 is 2.07 bits per heavy atom. The second-order valence-corrected chi connectivity index (χ2v) is 7.37. The van der Waals surface area contributed by atoms with Gasteiger partial charge in [0.05, 0.1) is 0 Å². The number of carbonyl (C=O) groups is 1. The maximum absolute atomic E-state index is 12.7. The third-order valence-electron chi connectivity index (χ3n) is 5.33. The smallest absolute Gasteiger partial charge is 0.222 e. The van der Waals surface area contributed by atoms with E-state index in [9.17, 15) is 4.79 Å². The van der Waals surface area contributed by atoms with E-state index in [1.807, 2.05) is 18.2 Å². The van der Waals surface area contributed by atoms with Crippen molar-refractivity contribution in [1.29, 1.82) is 0 Å². The zero-order chi connectivity index (χ0) is 18.9. The van der Waals surface area contributed by atoms with Crippen molar-refractivity contribution in [2.45, 2.75) is 51.4 Å². The summed E-state index contributed by atoms with van der Waals surface area (Å²) in [5.74, 6) is 1.64. The van der Waals surface area contributed by atoms with Crippen LogP contribution in [0.5, 0.6) is 0 Å². The van der Waals surface area contributed by atoms with Gasteiger partial charge in [-0.15, -0.1) is 0 Å². The van der Waals surface area contributed by atoms with Crippen LogP contribution < -0.4 is 5.32 Å². The van der Waals surface area contributed by atoms with Gasteiger partial charge in [-0.1, -0.05) is 43.7 Å². The predicted octanol–water partition coefficient (Wildman–Crippen LogP) is 4.63. The highest BCUT2D eigenvalue weighted by molar-refractivity contribution is 5.76. The molecule has 3 rings (SSSR count). The SMILES string of the molecule is CCCc1ccccc1C1CCCN(C(=O)CCCNc2ccccn2)C1. The zero-order valence-electron chi connectivity index (χ0n) is 16.4. The van der Waals surface area contributed by atoms with Crippen LogP contribution in [0.3, 0.4) is 0 Å². The quantitative estimate of drug-likeness (QED) is 0.694. The Hall–Kier alpha value is -2.36. The van der Waals surface area contributed by atoms with Crippen LogP contribution in [0.1, 0.15) is 56.1 Å². The summed E-state index contributed by atoms with van der Waals surface area (Å²) in [5.41, 5.74) is 2.91. The Morgan fingerprint density at radius 3 is 2.89 bits per heavy atom. The van der Waals surface area contributed by atoms with Crippen LogP contribution in [0.4, 0.5) is 5.82 Å². The Labute approximate surface area is 163 Å². The van der Waals surface area contributed by atoms with Gasteiger partial charge in [0, 0.05) is 38.2 Å². The maximum Gasteiger partial charge on any atom is 0.222 e. The summed E-state index contributed by atoms with van der Waals surface area (Å²) < 4.78 is 0. The molecule has 1 aliphatic heterocycles. The molecule has 1 unspecified atom stereocenters. The van der Waals surface area contributed by atoms with Crippen molar-refractivity contribution < 1.29 is 4.79 Å². The van der Waals surface area contributed by atoms with Crippen molar-refractivity contribution in [1.82, 2.24) is 9.88 Å². The Kier molecular flexibility index (Phi) is 7.26. The van der Waals surface area contributed by atoms with Crippen molar-refractivity contribution in [3.05, 3.63) is 59.8 Å². The average molecular weight is 366 g/mol. The number of benzene rings is 1. The zero-order valence-corrected chi connectivity index (χ0v) is 16.4. The lowest BCUT2D eigenvalue weighted by atomic mass is 9.86. The van der Waals surface area contributed by atoms with Gasteiger partial charge < -0.3 is 10.2 Å². The molecule has 4 heteroatoms. The molecule has 144 valence electrons. The number of hydrogen-bond donors (Lipinski definition) is 1. The molecule has 1 N–H and O–H groups in total. The number of nitrogens with one attached hydrogen (secondary N) is 1. The summed E-state index contributed by atoms with van der Waals surface area (Å²) in [6.45, 7) is 4.78. The third-order valence-corrected chi connectivity index (χ3v) is 5.33. The molecule has 0 saturated carbocycles. The van der Waals surface area contributed by atoms with E-state index in [2.05, 4.69) is 46.4 Å². The number of piperidine rings is 1. The predicted molar refractivity (Wildman–Crippen MR) is 111 cm³/mol. The first-order valence-electron chi connectivity index (χ1n) is 10.3. The standard InChI is InChI=1S/C23H31N3O/c1-2-9-19-10-3-4-12-21(19)20-11-8-17-26(18-20)23(27)14-7-16-25-22-13-5-6-15-24-22/h3-6,10,12-13,15,20H,2,7-9,11,14,16-18H2,1H3,(H,24,25). The summed E-state index contributed by atoms with van der Waals surface area (Å²) in [6.07, 6.45) is 7.79. The van der Waals surface area contributed by atoms with Crippen LogP contribution in [-0.2, 0) is 11.2 Å². The van der Waals surface area contributed by atoms with Gasteiger partial charge in [-0.2, -0.15) is 0 Å². The minimum atomic E-state index is 0.287. The molecule has 1 aromatic carbocycles. The first kappa shape index (κ1) is 19.4. The lowest BCUT2D eigenvalue weighted by molar-refractivity contribution is -0.132. The molecule has 27 heavy (non-hydrogen) atoms. The molecule has 0 aliphatic carbocycles. The number of rotatable bonds is 8. The topological polar surface area (TPSA) is 45.2 Å². The monoisotopic (exact) mass is 365 g/mol. The van der Waals surface area contributed by atoms with Crippen molar-refractivity contribution in [3.8, 4) is 0 Å². The van der Waals surface area contributed by atoms with Crippen LogP contribution in [-0.4, -0.2) is 35.4 Å². The van der Waals surface area contributed by atoms with E-state index < -0.39 is 0 Å². The molecule has 2 heterocycles. The van der Waals surface area contributed by atoms with E-state index in [1.165, 1.54) is 17.5 Å². The number of carbonyl (C=O) groups excluding carboxylic acids is 1. The lowest BCUT2D eigenvalue weighted by Gasteiger charge is -2.34. The van der Waals surface area contributed by atoms with Crippen LogP contribution in [0.15, 0.2) is 48.7 Å². The molecule has 1 aliphatic rings. The number of amides is 1. The number of aryl methyl sites for hydroxylation is 1. The van der Waals surface area contributed by atoms with E-state index in [1.54, 1.807) is 6.20 Å². The van der Waals surface area contributed by atoms with Crippen LogP contribution >= 0.6 is 0 Å². The molecule has 0 bridgehead atoms. The summed E-state index contributed by atoms with van der Waals surface area (Å²) in [5, 5.41) is 3.28. The summed E-state index contributed by atoms with van der Waals surface area (Å²) >= 11 is 0. The highest BCUT2D eigenvalue weighted by Gasteiger charge is 2.25. The van der Waals surface area contributed by atoms with Gasteiger partial charge in [-0.3, -0.25) is 4.79 Å². The van der Waals surface area contributed by atoms with Gasteiger partial charge in [-0.25, -0.2) is 4.98 Å². The first-order valence-corrected chi connectivity index (χ1v) is 10.3. The van der Waals surface area contributed by atoms with E-state index in [4.69, 9.17) is 0 Å². The molecular weight excluding hydrogens is 334 g/mol. The van der Waals surface area contributed by atoms with Gasteiger partial charge in [0.2, 0.25) is 5.91 Å². The molecule has 0 radical (unpaired) electrons. The van der Waals surface area contributed by atoms with E-state index >= 15 is 0 Å². The van der Waals surface area contributed by atoms with E-state index in [0.29, 0.717) is 12.3 Å². The van der Waals surface area contributed by atoms with Crippen molar-refractivity contribution in [2.24, 2.45) is 0 Å². The molecule has 2 aromatic rings. The fourth-order valence-corrected chi connectivity index (χ4v) is 3.97. The number of aromatic nitrogens is 1. The normalized spacial score (nSPS) is 16.9. The molecule has 1 amide bonds. The van der Waals surface area contributed by atoms with Crippen LogP contribution in [0.2, 0.25) is 0 Å². The second kappa shape index (κ2) is 10.1. The van der Waals surface area contributed by atoms with Crippen molar-refractivity contribution >= 4 is 11.7 Å². The average Bonchev–Trinajstić information content (AvgIpc) is 2.72. The Bertz CT molecular complexity index is 717. The van der Waals surface area contributed by atoms with Gasteiger partial charge in [0.15, 0.2) is 0 Å². The van der Waals surface area contributed by atoms with Gasteiger partial charge in [-0.05, 0) is 48.9 Å². The van der Waals surface area contributed by atoms with Gasteiger partial charge >= 0.3 is 0 Å². The fraction of sp³-hybridized carbons (Fsp3) is 0.478. The molecule has 1 atom stereocenters. The summed E-state index contributed by atoms with van der Waals surface area (Å²) in [7, 11) is 0. The van der Waals surface area contributed by atoms with E-state index in [0.717, 1.165) is 51.1 Å². The molecule has 1 aromatic heterocycles. The van der Waals surface area contributed by atoms with Crippen molar-refractivity contribution in [2.75, 3.05) is 25.0 Å². The number of anilines is 1. The molecule has 0 spiro atoms. The van der Waals surface area contributed by atoms with Gasteiger partial charge in [0.25, 0.3) is 0 Å². The number of likely N-dealkylation sites (tertiary alicyclic amines) is 1. The van der Waals surface area contributed by atoms with Crippen LogP contribution in [0, 0.1) is 0 Å². The number of pyridine rings is 1. The fourth-order valence-electron chi connectivity index (χ4n) is 3.97. The maximum atomic E-state index is 12.7. The minimum absolute atomic E-state index is 0.287. The van der Waals surface area contributed by atoms with Crippen LogP contribution in [0.25, 0.3) is 0 Å². The highest BCUT2D eigenvalue weighted by Crippen LogP contribution is 2.30. The van der Waals surface area contributed by atoms with Crippen molar-refractivity contribution in [3.63, 3.8) is 0 Å². The Morgan fingerprint density at radius 1 is 1.22 bits per heavy atom. The second-order valence-electron chi connectivity index (χ2n) is 7.37.